The third-order valence-corrected chi connectivity index (χ3v) is 4.88. The highest BCUT2D eigenvalue weighted by atomic mass is 15.3. The van der Waals surface area contributed by atoms with E-state index in [0.29, 0.717) is 6.67 Å². The van der Waals surface area contributed by atoms with E-state index in [4.69, 9.17) is 9.98 Å². The zero-order chi connectivity index (χ0) is 14.5. The number of hydrogen-bond donors (Lipinski definition) is 1. The first-order valence-electron chi connectivity index (χ1n) is 8.07. The van der Waals surface area contributed by atoms with E-state index in [-0.39, 0.29) is 0 Å². The number of benzene rings is 1. The van der Waals surface area contributed by atoms with Crippen LogP contribution in [-0.2, 0) is 6.42 Å². The number of nitrogens with zero attached hydrogens (tertiary/aromatic N) is 3. The van der Waals surface area contributed by atoms with E-state index in [0.717, 1.165) is 30.9 Å². The monoisotopic (exact) mass is 290 g/mol. The smallest absolute Gasteiger partial charge is 0.141 e. The summed E-state index contributed by atoms with van der Waals surface area (Å²) >= 11 is 0. The van der Waals surface area contributed by atoms with Crippen LogP contribution in [0, 0.1) is 0 Å². The standard InChI is InChI=1S/C18H18N4/c1-3-7-15-12(5-1)9-14-17(20-15)19-11-22-10-13-6-2-4-8-16(13)21-18(14)22/h1,3,5,7,10H,2,4,6,8-9,11H2,(H,19,20). The van der Waals surface area contributed by atoms with Crippen LogP contribution in [0.5, 0.6) is 0 Å². The molecule has 4 aliphatic rings. The maximum atomic E-state index is 5.02. The van der Waals surface area contributed by atoms with Gasteiger partial charge in [-0.25, -0.2) is 9.98 Å². The van der Waals surface area contributed by atoms with Crippen LogP contribution in [0.4, 0.5) is 5.69 Å². The number of amidine groups is 1. The zero-order valence-corrected chi connectivity index (χ0v) is 12.5. The Morgan fingerprint density at radius 2 is 2.00 bits per heavy atom. The third kappa shape index (κ3) is 1.76. The first kappa shape index (κ1) is 12.2. The molecule has 22 heavy (non-hydrogen) atoms. The molecule has 0 spiro atoms. The molecule has 3 heterocycles. The Morgan fingerprint density at radius 3 is 3.00 bits per heavy atom. The van der Waals surface area contributed by atoms with Crippen molar-refractivity contribution in [2.24, 2.45) is 9.98 Å². The molecule has 0 atom stereocenters. The lowest BCUT2D eigenvalue weighted by atomic mass is 9.91. The highest BCUT2D eigenvalue weighted by molar-refractivity contribution is 6.12. The second kappa shape index (κ2) is 4.57. The zero-order valence-electron chi connectivity index (χ0n) is 12.5. The molecule has 0 unspecified atom stereocenters. The van der Waals surface area contributed by atoms with Gasteiger partial charge in [-0.2, -0.15) is 0 Å². The minimum absolute atomic E-state index is 0.670. The fourth-order valence-electron chi connectivity index (χ4n) is 3.71. The minimum Gasteiger partial charge on any atom is -0.340 e. The van der Waals surface area contributed by atoms with Gasteiger partial charge >= 0.3 is 0 Å². The molecule has 0 aromatic heterocycles. The summed E-state index contributed by atoms with van der Waals surface area (Å²) < 4.78 is 0. The highest BCUT2D eigenvalue weighted by Gasteiger charge is 2.30. The van der Waals surface area contributed by atoms with Gasteiger partial charge in [-0.1, -0.05) is 18.2 Å². The van der Waals surface area contributed by atoms with Gasteiger partial charge in [0, 0.05) is 29.6 Å². The van der Waals surface area contributed by atoms with E-state index in [9.17, 15) is 0 Å². The predicted molar refractivity (Wildman–Crippen MR) is 88.9 cm³/mol. The molecule has 1 N–H and O–H groups in total. The molecule has 0 saturated heterocycles. The van der Waals surface area contributed by atoms with Crippen LogP contribution in [0.2, 0.25) is 0 Å². The fourth-order valence-corrected chi connectivity index (χ4v) is 3.71. The molecule has 4 heteroatoms. The topological polar surface area (TPSA) is 40.0 Å². The molecular weight excluding hydrogens is 272 g/mol. The largest absolute Gasteiger partial charge is 0.340 e. The summed E-state index contributed by atoms with van der Waals surface area (Å²) in [6.07, 6.45) is 8.02. The molecule has 1 fully saturated rings. The third-order valence-electron chi connectivity index (χ3n) is 4.88. The van der Waals surface area contributed by atoms with Gasteiger partial charge in [0.1, 0.15) is 18.3 Å². The Balaban J connectivity index is 1.62. The van der Waals surface area contributed by atoms with E-state index >= 15 is 0 Å². The molecule has 110 valence electrons. The summed E-state index contributed by atoms with van der Waals surface area (Å²) in [5, 5.41) is 3.48. The lowest BCUT2D eigenvalue weighted by Gasteiger charge is -2.35. The van der Waals surface area contributed by atoms with Gasteiger partial charge in [0.25, 0.3) is 0 Å². The SMILES string of the molecule is C1=C2CCCCC2=NC2=C3Cc4ccccc4NC3=NCN12. The van der Waals surface area contributed by atoms with Crippen LogP contribution in [-0.4, -0.2) is 23.1 Å². The lowest BCUT2D eigenvalue weighted by molar-refractivity contribution is 0.450. The van der Waals surface area contributed by atoms with Gasteiger partial charge in [-0.05, 0) is 42.9 Å². The normalized spacial score (nSPS) is 22.4. The van der Waals surface area contributed by atoms with E-state index in [1.165, 1.54) is 41.0 Å². The highest BCUT2D eigenvalue weighted by Crippen LogP contribution is 2.35. The number of aliphatic imine (C=N–C) groups is 2. The Morgan fingerprint density at radius 1 is 1.09 bits per heavy atom. The predicted octanol–water partition coefficient (Wildman–Crippen LogP) is 3.45. The van der Waals surface area contributed by atoms with Crippen molar-refractivity contribution < 1.29 is 0 Å². The summed E-state index contributed by atoms with van der Waals surface area (Å²) in [4.78, 5) is 12.0. The molecule has 1 saturated carbocycles. The van der Waals surface area contributed by atoms with Crippen LogP contribution >= 0.6 is 0 Å². The van der Waals surface area contributed by atoms with Crippen molar-refractivity contribution in [3.05, 3.63) is 53.0 Å². The van der Waals surface area contributed by atoms with Gasteiger partial charge in [0.05, 0.1) is 0 Å². The fraction of sp³-hybridized carbons (Fsp3) is 0.333. The number of anilines is 1. The Labute approximate surface area is 130 Å². The number of para-hydroxylation sites is 1. The van der Waals surface area contributed by atoms with Gasteiger partial charge < -0.3 is 10.2 Å². The number of nitrogens with one attached hydrogen (secondary N) is 1. The van der Waals surface area contributed by atoms with E-state index < -0.39 is 0 Å². The van der Waals surface area contributed by atoms with Crippen LogP contribution in [0.3, 0.4) is 0 Å². The molecule has 0 bridgehead atoms. The van der Waals surface area contributed by atoms with Crippen LogP contribution in [0.1, 0.15) is 31.2 Å². The number of hydrogen-bond acceptors (Lipinski definition) is 4. The molecule has 1 aliphatic carbocycles. The first-order valence-corrected chi connectivity index (χ1v) is 8.07. The Bertz CT molecular complexity index is 782. The number of allylic oxidation sites excluding steroid dienone is 1. The molecule has 1 aromatic rings. The van der Waals surface area contributed by atoms with Crippen LogP contribution in [0.15, 0.2) is 57.4 Å². The van der Waals surface area contributed by atoms with Crippen molar-refractivity contribution in [1.82, 2.24) is 4.90 Å². The molecule has 1 aromatic carbocycles. The van der Waals surface area contributed by atoms with E-state index in [1.807, 2.05) is 0 Å². The van der Waals surface area contributed by atoms with Crippen LogP contribution in [0.25, 0.3) is 0 Å². The minimum atomic E-state index is 0.670. The molecule has 3 aliphatic heterocycles. The van der Waals surface area contributed by atoms with E-state index in [1.54, 1.807) is 0 Å². The summed E-state index contributed by atoms with van der Waals surface area (Å²) in [6, 6.07) is 8.47. The number of fused-ring (bicyclic) bond motifs is 4. The second-order valence-corrected chi connectivity index (χ2v) is 6.30. The maximum absolute atomic E-state index is 5.02. The molecular formula is C18H18N4. The Hall–Kier alpha value is -2.36. The van der Waals surface area contributed by atoms with Crippen molar-refractivity contribution in [3.8, 4) is 0 Å². The van der Waals surface area contributed by atoms with Gasteiger partial charge in [0.2, 0.25) is 0 Å². The molecule has 5 rings (SSSR count). The molecule has 4 nitrogen and oxygen atoms in total. The average molecular weight is 290 g/mol. The Kier molecular flexibility index (Phi) is 2.53. The summed E-state index contributed by atoms with van der Waals surface area (Å²) in [6.45, 7) is 0.670. The summed E-state index contributed by atoms with van der Waals surface area (Å²) in [5.41, 5.74) is 6.45. The summed E-state index contributed by atoms with van der Waals surface area (Å²) in [5.74, 6) is 2.11. The quantitative estimate of drug-likeness (QED) is 0.795. The van der Waals surface area contributed by atoms with Crippen molar-refractivity contribution in [3.63, 3.8) is 0 Å². The maximum Gasteiger partial charge on any atom is 0.141 e. The lowest BCUT2D eigenvalue weighted by Crippen LogP contribution is -2.35. The average Bonchev–Trinajstić information content (AvgIpc) is 2.58. The van der Waals surface area contributed by atoms with Gasteiger partial charge in [-0.15, -0.1) is 0 Å². The molecule has 0 amide bonds. The van der Waals surface area contributed by atoms with E-state index in [2.05, 4.69) is 40.7 Å². The summed E-state index contributed by atoms with van der Waals surface area (Å²) in [7, 11) is 0. The second-order valence-electron chi connectivity index (χ2n) is 6.30. The van der Waals surface area contributed by atoms with Crippen molar-refractivity contribution in [2.75, 3.05) is 12.0 Å². The number of rotatable bonds is 0. The van der Waals surface area contributed by atoms with Gasteiger partial charge in [-0.3, -0.25) is 0 Å². The van der Waals surface area contributed by atoms with Crippen molar-refractivity contribution >= 4 is 17.2 Å². The molecule has 0 radical (unpaired) electrons. The van der Waals surface area contributed by atoms with Gasteiger partial charge in [0.15, 0.2) is 0 Å². The first-order chi connectivity index (χ1) is 10.9. The van der Waals surface area contributed by atoms with Crippen molar-refractivity contribution in [2.45, 2.75) is 32.1 Å². The van der Waals surface area contributed by atoms with Crippen LogP contribution < -0.4 is 5.32 Å². The van der Waals surface area contributed by atoms with Crippen molar-refractivity contribution in [1.29, 1.82) is 0 Å².